The summed E-state index contributed by atoms with van der Waals surface area (Å²) in [4.78, 5) is 44.4. The molecule has 1 spiro atoms. The van der Waals surface area contributed by atoms with Gasteiger partial charge in [-0.1, -0.05) is 57.6 Å². The summed E-state index contributed by atoms with van der Waals surface area (Å²) in [6.45, 7) is 4.88. The molecule has 4 fully saturated rings. The van der Waals surface area contributed by atoms with Gasteiger partial charge in [0, 0.05) is 44.2 Å². The zero-order chi connectivity index (χ0) is 32.9. The molecule has 9 nitrogen and oxygen atoms in total. The number of piperazine rings is 1. The van der Waals surface area contributed by atoms with E-state index in [2.05, 4.69) is 34.6 Å². The fourth-order valence-corrected chi connectivity index (χ4v) is 8.10. The second kappa shape index (κ2) is 14.8. The van der Waals surface area contributed by atoms with Crippen LogP contribution >= 0.6 is 0 Å². The number of hydrogen-bond donors (Lipinski definition) is 3. The van der Waals surface area contributed by atoms with E-state index in [4.69, 9.17) is 4.74 Å². The van der Waals surface area contributed by atoms with E-state index in [1.54, 1.807) is 12.1 Å². The molecule has 0 aromatic heterocycles. The van der Waals surface area contributed by atoms with Gasteiger partial charge in [0.25, 0.3) is 5.91 Å². The highest BCUT2D eigenvalue weighted by atomic mass is 16.5. The summed E-state index contributed by atoms with van der Waals surface area (Å²) in [6, 6.07) is 15.0. The molecule has 6 rings (SSSR count). The smallest absolute Gasteiger partial charge is 0.251 e. The van der Waals surface area contributed by atoms with Crippen molar-refractivity contribution in [2.45, 2.75) is 127 Å². The van der Waals surface area contributed by atoms with Crippen LogP contribution in [0.25, 0.3) is 0 Å². The lowest BCUT2D eigenvalue weighted by molar-refractivity contribution is -0.163. The topological polar surface area (TPSA) is 111 Å². The predicted molar refractivity (Wildman–Crippen MR) is 181 cm³/mol. The quantitative estimate of drug-likeness (QED) is 0.290. The van der Waals surface area contributed by atoms with Gasteiger partial charge in [0.2, 0.25) is 11.8 Å². The van der Waals surface area contributed by atoms with Crippen LogP contribution in [0.4, 0.5) is 0 Å². The molecule has 2 aliphatic heterocycles. The molecule has 2 heterocycles. The minimum absolute atomic E-state index is 0.0249. The lowest BCUT2D eigenvalue weighted by Gasteiger charge is -2.52. The van der Waals surface area contributed by atoms with Crippen molar-refractivity contribution in [1.29, 1.82) is 0 Å². The summed E-state index contributed by atoms with van der Waals surface area (Å²) < 4.78 is 6.05. The van der Waals surface area contributed by atoms with Gasteiger partial charge in [0.15, 0.2) is 0 Å². The Labute approximate surface area is 279 Å². The molecule has 3 amide bonds. The standard InChI is InChI=1S/C38H52N4O5/c1-2-3-23-42-35(44)33(26-37(46)19-7-4-8-20-37)40-36(45)38(42)21-24-41(25-22-38)27-28-11-15-31(16-12-28)47-32-17-13-29(14-18-32)34(43)39-30-9-5-6-10-30/h11-18,30,33,46H,2-10,19-27H2,1H3,(H,39,43)(H,40,45)/t33-/m1/s1. The highest BCUT2D eigenvalue weighted by molar-refractivity contribution is 6.00. The summed E-state index contributed by atoms with van der Waals surface area (Å²) in [6.07, 6.45) is 12.2. The number of piperidine rings is 1. The Kier molecular flexibility index (Phi) is 10.5. The van der Waals surface area contributed by atoms with Gasteiger partial charge < -0.3 is 25.4 Å². The molecule has 2 aliphatic carbocycles. The minimum atomic E-state index is -0.867. The average molecular weight is 645 g/mol. The number of rotatable bonds is 11. The number of amides is 3. The van der Waals surface area contributed by atoms with Crippen LogP contribution in [0, 0.1) is 0 Å². The molecule has 0 unspecified atom stereocenters. The van der Waals surface area contributed by atoms with E-state index in [9.17, 15) is 19.5 Å². The number of unbranched alkanes of at least 4 members (excludes halogenated alkanes) is 1. The Bertz CT molecular complexity index is 1370. The highest BCUT2D eigenvalue weighted by Gasteiger charge is 2.54. The number of carbonyl (C=O) groups excluding carboxylic acids is 3. The van der Waals surface area contributed by atoms with Crippen LogP contribution < -0.4 is 15.4 Å². The third-order valence-corrected chi connectivity index (χ3v) is 11.0. The Morgan fingerprint density at radius 2 is 1.55 bits per heavy atom. The molecule has 2 aromatic rings. The van der Waals surface area contributed by atoms with Crippen molar-refractivity contribution in [3.05, 3.63) is 59.7 Å². The normalized spacial score (nSPS) is 23.1. The maximum Gasteiger partial charge on any atom is 0.251 e. The fourth-order valence-electron chi connectivity index (χ4n) is 8.10. The molecule has 9 heteroatoms. The van der Waals surface area contributed by atoms with Crippen molar-refractivity contribution in [2.24, 2.45) is 0 Å². The molecular formula is C38H52N4O5. The third-order valence-electron chi connectivity index (χ3n) is 11.0. The summed E-state index contributed by atoms with van der Waals surface area (Å²) in [5.41, 5.74) is 0.108. The number of ether oxygens (including phenoxy) is 1. The number of likely N-dealkylation sites (tertiary alicyclic amines) is 1. The fraction of sp³-hybridized carbons (Fsp3) is 0.605. The van der Waals surface area contributed by atoms with Crippen LogP contribution in [0.15, 0.2) is 48.5 Å². The lowest BCUT2D eigenvalue weighted by Crippen LogP contribution is -2.73. The van der Waals surface area contributed by atoms with Gasteiger partial charge in [-0.3, -0.25) is 19.3 Å². The summed E-state index contributed by atoms with van der Waals surface area (Å²) in [7, 11) is 0. The molecule has 0 bridgehead atoms. The van der Waals surface area contributed by atoms with Crippen molar-refractivity contribution >= 4 is 17.7 Å². The molecule has 0 radical (unpaired) electrons. The first-order valence-electron chi connectivity index (χ1n) is 18.0. The van der Waals surface area contributed by atoms with Gasteiger partial charge in [-0.15, -0.1) is 0 Å². The van der Waals surface area contributed by atoms with Crippen LogP contribution in [0.1, 0.15) is 113 Å². The Morgan fingerprint density at radius 1 is 0.915 bits per heavy atom. The number of nitrogens with zero attached hydrogens (tertiary/aromatic N) is 2. The average Bonchev–Trinajstić information content (AvgIpc) is 3.59. The van der Waals surface area contributed by atoms with Gasteiger partial charge >= 0.3 is 0 Å². The third kappa shape index (κ3) is 7.83. The van der Waals surface area contributed by atoms with Crippen molar-refractivity contribution in [3.63, 3.8) is 0 Å². The van der Waals surface area contributed by atoms with Gasteiger partial charge in [-0.2, -0.15) is 0 Å². The Balaban J connectivity index is 1.02. The first-order valence-corrected chi connectivity index (χ1v) is 18.0. The van der Waals surface area contributed by atoms with Crippen molar-refractivity contribution in [2.75, 3.05) is 19.6 Å². The van der Waals surface area contributed by atoms with Crippen LogP contribution in [0.2, 0.25) is 0 Å². The van der Waals surface area contributed by atoms with E-state index < -0.39 is 17.2 Å². The number of benzene rings is 2. The summed E-state index contributed by atoms with van der Waals surface area (Å²) in [5.74, 6) is 1.30. The van der Waals surface area contributed by atoms with Gasteiger partial charge in [0.1, 0.15) is 23.1 Å². The van der Waals surface area contributed by atoms with Crippen LogP contribution in [0.3, 0.4) is 0 Å². The maximum absolute atomic E-state index is 13.9. The van der Waals surface area contributed by atoms with Gasteiger partial charge in [-0.05, 0) is 86.9 Å². The highest BCUT2D eigenvalue weighted by Crippen LogP contribution is 2.38. The van der Waals surface area contributed by atoms with E-state index in [0.717, 1.165) is 75.9 Å². The predicted octanol–water partition coefficient (Wildman–Crippen LogP) is 5.70. The molecule has 1 atom stereocenters. The van der Waals surface area contributed by atoms with Crippen molar-refractivity contribution in [1.82, 2.24) is 20.4 Å². The molecule has 2 saturated heterocycles. The first-order chi connectivity index (χ1) is 22.8. The zero-order valence-corrected chi connectivity index (χ0v) is 28.0. The van der Waals surface area contributed by atoms with Crippen LogP contribution in [0.5, 0.6) is 11.5 Å². The minimum Gasteiger partial charge on any atom is -0.457 e. The van der Waals surface area contributed by atoms with Gasteiger partial charge in [0.05, 0.1) is 5.60 Å². The Morgan fingerprint density at radius 3 is 2.19 bits per heavy atom. The molecule has 4 aliphatic rings. The van der Waals surface area contributed by atoms with E-state index in [0.29, 0.717) is 56.0 Å². The Hall–Kier alpha value is -3.43. The van der Waals surface area contributed by atoms with E-state index >= 15 is 0 Å². The summed E-state index contributed by atoms with van der Waals surface area (Å²) >= 11 is 0. The number of carbonyl (C=O) groups is 3. The van der Waals surface area contributed by atoms with E-state index in [1.807, 2.05) is 29.2 Å². The lowest BCUT2D eigenvalue weighted by atomic mass is 9.77. The number of hydrogen-bond acceptors (Lipinski definition) is 6. The molecule has 2 saturated carbocycles. The molecule has 254 valence electrons. The SMILES string of the molecule is CCCCN1C(=O)[C@@H](CC2(O)CCCCC2)NC(=O)C12CCN(Cc1ccc(Oc3ccc(C(=O)NC4CCCC4)cc3)cc1)CC2. The molecule has 3 N–H and O–H groups in total. The van der Waals surface area contributed by atoms with Crippen LogP contribution in [-0.2, 0) is 16.1 Å². The second-order valence-corrected chi connectivity index (χ2v) is 14.4. The van der Waals surface area contributed by atoms with Crippen LogP contribution in [-0.4, -0.2) is 75.5 Å². The molecule has 2 aromatic carbocycles. The maximum atomic E-state index is 13.9. The summed E-state index contributed by atoms with van der Waals surface area (Å²) in [5, 5.41) is 17.4. The van der Waals surface area contributed by atoms with E-state index in [1.165, 1.54) is 12.8 Å². The number of aliphatic hydroxyl groups is 1. The second-order valence-electron chi connectivity index (χ2n) is 14.4. The first kappa shape index (κ1) is 33.5. The zero-order valence-electron chi connectivity index (χ0n) is 28.0. The van der Waals surface area contributed by atoms with Crippen molar-refractivity contribution < 1.29 is 24.2 Å². The molecule has 47 heavy (non-hydrogen) atoms. The van der Waals surface area contributed by atoms with Gasteiger partial charge in [-0.25, -0.2) is 0 Å². The monoisotopic (exact) mass is 644 g/mol. The molecular weight excluding hydrogens is 592 g/mol. The van der Waals surface area contributed by atoms with Crippen molar-refractivity contribution in [3.8, 4) is 11.5 Å². The largest absolute Gasteiger partial charge is 0.457 e. The van der Waals surface area contributed by atoms with E-state index in [-0.39, 0.29) is 17.7 Å². The number of nitrogens with one attached hydrogen (secondary N) is 2.